The number of allylic oxidation sites excluding steroid dienone is 2. The van der Waals surface area contributed by atoms with Gasteiger partial charge in [-0.3, -0.25) is 4.68 Å². The summed E-state index contributed by atoms with van der Waals surface area (Å²) in [5.41, 5.74) is 10.5. The molecule has 0 saturated carbocycles. The summed E-state index contributed by atoms with van der Waals surface area (Å²) in [7, 11) is 0. The van der Waals surface area contributed by atoms with Gasteiger partial charge in [0.05, 0.1) is 5.69 Å². The van der Waals surface area contributed by atoms with E-state index in [1.165, 1.54) is 28.8 Å². The predicted molar refractivity (Wildman–Crippen MR) is 215 cm³/mol. The Morgan fingerprint density at radius 3 is 2.34 bits per heavy atom. The summed E-state index contributed by atoms with van der Waals surface area (Å²) in [6.07, 6.45) is 7.72. The molecule has 5 nitrogen and oxygen atoms in total. The van der Waals surface area contributed by atoms with Crippen LogP contribution in [-0.2, 0) is 32.9 Å². The van der Waals surface area contributed by atoms with Crippen LogP contribution in [0.15, 0.2) is 78.5 Å². The maximum absolute atomic E-state index is 6.71. The first-order valence-corrected chi connectivity index (χ1v) is 19.0. The summed E-state index contributed by atoms with van der Waals surface area (Å²) in [6, 6.07) is 28.6. The number of pyridine rings is 1. The van der Waals surface area contributed by atoms with E-state index < -0.39 is 0 Å². The molecule has 3 aromatic heterocycles. The third kappa shape index (κ3) is 7.44. The average Bonchev–Trinajstić information content (AvgIpc) is 3.56. The average molecular weight is 886 g/mol. The molecule has 7 rings (SSSR count). The van der Waals surface area contributed by atoms with Crippen LogP contribution in [0.3, 0.4) is 0 Å². The van der Waals surface area contributed by atoms with Gasteiger partial charge in [0, 0.05) is 40.4 Å². The molecular weight excluding hydrogens is 832 g/mol. The van der Waals surface area contributed by atoms with Crippen LogP contribution in [0.1, 0.15) is 109 Å². The van der Waals surface area contributed by atoms with Crippen LogP contribution in [0.4, 0.5) is 0 Å². The number of ether oxygens (including phenoxy) is 1. The maximum atomic E-state index is 6.71. The molecule has 53 heavy (non-hydrogen) atoms. The van der Waals surface area contributed by atoms with Crippen LogP contribution >= 0.6 is 0 Å². The summed E-state index contributed by atoms with van der Waals surface area (Å²) < 4.78 is 11.0. The normalized spacial score (nSPS) is 17.9. The van der Waals surface area contributed by atoms with Gasteiger partial charge in [-0.25, -0.2) is 4.98 Å². The molecule has 0 N–H and O–H groups in total. The molecule has 0 amide bonds. The number of benzene rings is 3. The fourth-order valence-corrected chi connectivity index (χ4v) is 8.38. The Bertz CT molecular complexity index is 2310. The van der Waals surface area contributed by atoms with Gasteiger partial charge in [-0.1, -0.05) is 97.2 Å². The second-order valence-electron chi connectivity index (χ2n) is 17.3. The van der Waals surface area contributed by atoms with Crippen molar-refractivity contribution >= 4 is 21.8 Å². The van der Waals surface area contributed by atoms with Crippen molar-refractivity contribution in [2.75, 3.05) is 0 Å². The number of hydrogen-bond donors (Lipinski definition) is 0. The molecule has 1 aliphatic carbocycles. The third-order valence-corrected chi connectivity index (χ3v) is 11.2. The van der Waals surface area contributed by atoms with E-state index in [-0.39, 0.29) is 31.9 Å². The first kappa shape index (κ1) is 38.8. The van der Waals surface area contributed by atoms with Crippen LogP contribution in [0, 0.1) is 43.2 Å². The third-order valence-electron chi connectivity index (χ3n) is 11.2. The van der Waals surface area contributed by atoms with Gasteiger partial charge in [0.15, 0.2) is 0 Å². The molecular formula is C47H54N4OPt. The summed E-state index contributed by atoms with van der Waals surface area (Å²) in [6.45, 7) is 25.1. The molecule has 0 spiro atoms. The van der Waals surface area contributed by atoms with Gasteiger partial charge in [-0.2, -0.15) is 11.2 Å². The minimum absolute atomic E-state index is 0. The Morgan fingerprint density at radius 1 is 0.887 bits per heavy atom. The van der Waals surface area contributed by atoms with Gasteiger partial charge in [0.25, 0.3) is 0 Å². The Labute approximate surface area is 331 Å². The molecule has 3 atom stereocenters. The first-order chi connectivity index (χ1) is 24.6. The molecule has 0 bridgehead atoms. The minimum Gasteiger partial charge on any atom is -0.509 e. The molecule has 1 unspecified atom stereocenters. The summed E-state index contributed by atoms with van der Waals surface area (Å²) >= 11 is 0. The number of aromatic nitrogens is 4. The second kappa shape index (κ2) is 14.7. The van der Waals surface area contributed by atoms with Gasteiger partial charge >= 0.3 is 21.1 Å². The van der Waals surface area contributed by atoms with Crippen LogP contribution < -0.4 is 4.74 Å². The van der Waals surface area contributed by atoms with Gasteiger partial charge in [0.2, 0.25) is 0 Å². The molecule has 3 heterocycles. The van der Waals surface area contributed by atoms with Crippen molar-refractivity contribution in [2.24, 2.45) is 17.3 Å². The number of aryl methyl sites for hydroxylation is 2. The van der Waals surface area contributed by atoms with Crippen LogP contribution in [0.25, 0.3) is 33.3 Å². The smallest absolute Gasteiger partial charge is 0.509 e. The van der Waals surface area contributed by atoms with Crippen molar-refractivity contribution in [1.29, 1.82) is 0 Å². The SMILES string of the molecule is CCCc1ccnc(-n2c3[c-]c(Oc4[c-]c(-n5nc(C)c(C6C(C)=C[C@H](C(C)(C)C)C[C@@H]6C)c5C)cc(C(C)(C)C)c4)ccc3c3ccccc32)c1.[Pt+2]. The van der Waals surface area contributed by atoms with E-state index in [1.807, 2.05) is 12.3 Å². The molecule has 0 saturated heterocycles. The van der Waals surface area contributed by atoms with E-state index in [2.05, 4.69) is 158 Å². The van der Waals surface area contributed by atoms with Crippen molar-refractivity contribution in [2.45, 2.75) is 107 Å². The van der Waals surface area contributed by atoms with E-state index in [0.717, 1.165) is 57.4 Å². The van der Waals surface area contributed by atoms with E-state index in [0.29, 0.717) is 29.3 Å². The van der Waals surface area contributed by atoms with E-state index in [9.17, 15) is 0 Å². The zero-order chi connectivity index (χ0) is 37.1. The zero-order valence-electron chi connectivity index (χ0n) is 33.3. The molecule has 3 aromatic carbocycles. The quantitative estimate of drug-likeness (QED) is 0.119. The topological polar surface area (TPSA) is 44.9 Å². The van der Waals surface area contributed by atoms with Gasteiger partial charge in [-0.05, 0) is 91.1 Å². The predicted octanol–water partition coefficient (Wildman–Crippen LogP) is 12.4. The van der Waals surface area contributed by atoms with Gasteiger partial charge in [0.1, 0.15) is 5.82 Å². The largest absolute Gasteiger partial charge is 2.00 e. The summed E-state index contributed by atoms with van der Waals surface area (Å²) in [5, 5.41) is 7.46. The van der Waals surface area contributed by atoms with Crippen molar-refractivity contribution in [3.63, 3.8) is 0 Å². The monoisotopic (exact) mass is 885 g/mol. The van der Waals surface area contributed by atoms with Crippen LogP contribution in [-0.4, -0.2) is 19.3 Å². The Hall–Kier alpha value is -3.95. The van der Waals surface area contributed by atoms with E-state index >= 15 is 0 Å². The molecule has 0 radical (unpaired) electrons. The fourth-order valence-electron chi connectivity index (χ4n) is 8.38. The molecule has 6 aromatic rings. The van der Waals surface area contributed by atoms with Crippen molar-refractivity contribution in [1.82, 2.24) is 19.3 Å². The van der Waals surface area contributed by atoms with E-state index in [4.69, 9.17) is 14.8 Å². The number of para-hydroxylation sites is 1. The second-order valence-corrected chi connectivity index (χ2v) is 17.3. The van der Waals surface area contributed by atoms with Crippen LogP contribution in [0.2, 0.25) is 0 Å². The molecule has 6 heteroatoms. The number of fused-ring (bicyclic) bond motifs is 3. The first-order valence-electron chi connectivity index (χ1n) is 19.0. The summed E-state index contributed by atoms with van der Waals surface area (Å²) in [5.74, 6) is 3.62. The molecule has 0 aliphatic heterocycles. The van der Waals surface area contributed by atoms with Gasteiger partial charge in [-0.15, -0.1) is 41.3 Å². The number of hydrogen-bond acceptors (Lipinski definition) is 3. The van der Waals surface area contributed by atoms with Crippen LogP contribution in [0.5, 0.6) is 11.5 Å². The number of nitrogens with zero attached hydrogens (tertiary/aromatic N) is 4. The van der Waals surface area contributed by atoms with Gasteiger partial charge < -0.3 is 9.30 Å². The van der Waals surface area contributed by atoms with Crippen molar-refractivity contribution in [3.05, 3.63) is 119 Å². The van der Waals surface area contributed by atoms with E-state index in [1.54, 1.807) is 0 Å². The van der Waals surface area contributed by atoms with Crippen molar-refractivity contribution in [3.8, 4) is 23.0 Å². The maximum Gasteiger partial charge on any atom is 2.00 e. The Kier molecular flexibility index (Phi) is 10.8. The Morgan fingerprint density at radius 2 is 1.64 bits per heavy atom. The Balaban J connectivity index is 0.00000481. The molecule has 0 fully saturated rings. The molecule has 278 valence electrons. The molecule has 1 aliphatic rings. The minimum atomic E-state index is -0.116. The van der Waals surface area contributed by atoms with Crippen molar-refractivity contribution < 1.29 is 25.8 Å². The standard InChI is InChI=1S/C47H54N4O.Pt/c1-12-15-33-20-21-48-43(24-33)50-41-17-14-13-16-39(41)40-19-18-37(28-42(40)50)52-38-26-35(47(9,10)11)25-36(27-38)51-32(5)45(31(4)49-51)44-29(2)22-34(23-30(44)3)46(6,7)8;/h13-14,16-22,24-26,30,34,44H,12,15,23H2,1-11H3;/q-2;+2/t30-,34-,44?;/m0./s1. The summed E-state index contributed by atoms with van der Waals surface area (Å²) in [4.78, 5) is 4.82. The fraction of sp³-hybridized carbons (Fsp3) is 0.404. The number of rotatable bonds is 7. The zero-order valence-corrected chi connectivity index (χ0v) is 35.6.